The third kappa shape index (κ3) is 5.74. The van der Waals surface area contributed by atoms with E-state index in [2.05, 4.69) is 5.32 Å². The van der Waals surface area contributed by atoms with E-state index in [1.165, 1.54) is 0 Å². The van der Waals surface area contributed by atoms with E-state index in [-0.39, 0.29) is 12.3 Å². The largest absolute Gasteiger partial charge is 0.493 e. The molecule has 0 spiro atoms. The Balaban J connectivity index is 1.87. The van der Waals surface area contributed by atoms with Gasteiger partial charge < -0.3 is 19.5 Å². The summed E-state index contributed by atoms with van der Waals surface area (Å²) in [6.45, 7) is 5.47. The first kappa shape index (κ1) is 21.3. The van der Waals surface area contributed by atoms with Crippen molar-refractivity contribution < 1.29 is 23.8 Å². The number of carbonyl (C=O) groups excluding carboxylic acids is 2. The monoisotopic (exact) mass is 385 g/mol. The Labute approximate surface area is 165 Å². The third-order valence-corrected chi connectivity index (χ3v) is 4.38. The molecule has 6 heteroatoms. The van der Waals surface area contributed by atoms with E-state index in [4.69, 9.17) is 14.2 Å². The van der Waals surface area contributed by atoms with Gasteiger partial charge in [-0.1, -0.05) is 23.8 Å². The molecule has 2 rings (SSSR count). The number of anilines is 1. The lowest BCUT2D eigenvalue weighted by molar-refractivity contribution is -0.153. The van der Waals surface area contributed by atoms with Crippen LogP contribution < -0.4 is 14.8 Å². The van der Waals surface area contributed by atoms with Crippen LogP contribution in [0.4, 0.5) is 5.69 Å². The number of benzene rings is 2. The highest BCUT2D eigenvalue weighted by Crippen LogP contribution is 2.28. The van der Waals surface area contributed by atoms with Crippen LogP contribution in [-0.2, 0) is 20.7 Å². The maximum absolute atomic E-state index is 12.3. The second-order valence-electron chi connectivity index (χ2n) is 6.63. The molecule has 0 saturated heterocycles. The van der Waals surface area contributed by atoms with Crippen LogP contribution >= 0.6 is 0 Å². The topological polar surface area (TPSA) is 73.9 Å². The molecule has 28 heavy (non-hydrogen) atoms. The van der Waals surface area contributed by atoms with Gasteiger partial charge in [0.25, 0.3) is 5.91 Å². The highest BCUT2D eigenvalue weighted by Gasteiger charge is 2.18. The first-order valence-electron chi connectivity index (χ1n) is 9.12. The summed E-state index contributed by atoms with van der Waals surface area (Å²) in [4.78, 5) is 24.4. The molecule has 0 unspecified atom stereocenters. The van der Waals surface area contributed by atoms with Crippen molar-refractivity contribution in [1.29, 1.82) is 0 Å². The molecule has 0 radical (unpaired) electrons. The predicted molar refractivity (Wildman–Crippen MR) is 108 cm³/mol. The van der Waals surface area contributed by atoms with Crippen molar-refractivity contribution in [2.45, 2.75) is 39.7 Å². The molecule has 0 bridgehead atoms. The number of hydrogen-bond acceptors (Lipinski definition) is 5. The first-order valence-corrected chi connectivity index (χ1v) is 9.12. The molecular formula is C22H27NO5. The maximum Gasteiger partial charge on any atom is 0.306 e. The molecule has 0 aliphatic heterocycles. The van der Waals surface area contributed by atoms with Gasteiger partial charge in [-0.15, -0.1) is 0 Å². The number of nitrogens with one attached hydrogen (secondary N) is 1. The molecule has 0 fully saturated rings. The summed E-state index contributed by atoms with van der Waals surface area (Å²) in [5.41, 5.74) is 3.70. The highest BCUT2D eigenvalue weighted by molar-refractivity contribution is 5.95. The second-order valence-corrected chi connectivity index (χ2v) is 6.63. The predicted octanol–water partition coefficient (Wildman–Crippen LogP) is 3.82. The molecule has 1 N–H and O–H groups in total. The number of rotatable bonds is 8. The molecule has 0 aliphatic rings. The molecule has 150 valence electrons. The maximum atomic E-state index is 12.3. The van der Waals surface area contributed by atoms with Gasteiger partial charge >= 0.3 is 5.97 Å². The van der Waals surface area contributed by atoms with Gasteiger partial charge in [0.05, 0.1) is 14.2 Å². The van der Waals surface area contributed by atoms with Gasteiger partial charge in [-0.2, -0.15) is 0 Å². The van der Waals surface area contributed by atoms with Gasteiger partial charge in [0.15, 0.2) is 17.6 Å². The second kappa shape index (κ2) is 9.78. The molecule has 2 aromatic carbocycles. The molecule has 0 saturated carbocycles. The minimum absolute atomic E-state index is 0.163. The summed E-state index contributed by atoms with van der Waals surface area (Å²) in [6, 6.07) is 11.2. The fourth-order valence-electron chi connectivity index (χ4n) is 2.78. The Morgan fingerprint density at radius 2 is 1.71 bits per heavy atom. The van der Waals surface area contributed by atoms with E-state index < -0.39 is 12.1 Å². The van der Waals surface area contributed by atoms with E-state index in [0.29, 0.717) is 23.6 Å². The van der Waals surface area contributed by atoms with Gasteiger partial charge in [-0.25, -0.2) is 0 Å². The zero-order chi connectivity index (χ0) is 20.7. The number of aryl methyl sites for hydroxylation is 3. The SMILES string of the molecule is COc1ccc(CCC(=O)O[C@@H](C)C(=O)Nc2ccc(C)cc2C)cc1OC. The molecule has 6 nitrogen and oxygen atoms in total. The number of methoxy groups -OCH3 is 2. The molecule has 0 aromatic heterocycles. The molecular weight excluding hydrogens is 358 g/mol. The summed E-state index contributed by atoms with van der Waals surface area (Å²) in [5.74, 6) is 0.449. The van der Waals surface area contributed by atoms with Crippen LogP contribution in [0, 0.1) is 13.8 Å². The van der Waals surface area contributed by atoms with Crippen LogP contribution in [-0.4, -0.2) is 32.2 Å². The standard InChI is InChI=1S/C22H27NO5/c1-14-6-9-18(15(2)12-14)23-22(25)16(3)28-21(24)11-8-17-7-10-19(26-4)20(13-17)27-5/h6-7,9-10,12-13,16H,8,11H2,1-5H3,(H,23,25)/t16-/m0/s1. The molecule has 0 aliphatic carbocycles. The smallest absolute Gasteiger partial charge is 0.306 e. The molecule has 0 heterocycles. The van der Waals surface area contributed by atoms with Crippen LogP contribution in [0.2, 0.25) is 0 Å². The van der Waals surface area contributed by atoms with Crippen LogP contribution in [0.5, 0.6) is 11.5 Å². The van der Waals surface area contributed by atoms with Crippen LogP contribution in [0.1, 0.15) is 30.0 Å². The Morgan fingerprint density at radius 1 is 1.00 bits per heavy atom. The Hall–Kier alpha value is -3.02. The van der Waals surface area contributed by atoms with E-state index in [9.17, 15) is 9.59 Å². The summed E-state index contributed by atoms with van der Waals surface area (Å²) < 4.78 is 15.7. The quantitative estimate of drug-likeness (QED) is 0.699. The van der Waals surface area contributed by atoms with Crippen molar-refractivity contribution in [1.82, 2.24) is 0 Å². The number of ether oxygens (including phenoxy) is 3. The van der Waals surface area contributed by atoms with Crippen molar-refractivity contribution in [3.63, 3.8) is 0 Å². The number of esters is 1. The lowest BCUT2D eigenvalue weighted by atomic mass is 10.1. The van der Waals surface area contributed by atoms with Crippen molar-refractivity contribution in [3.8, 4) is 11.5 Å². The third-order valence-electron chi connectivity index (χ3n) is 4.38. The van der Waals surface area contributed by atoms with E-state index in [1.807, 2.05) is 44.2 Å². The van der Waals surface area contributed by atoms with Gasteiger partial charge in [0.1, 0.15) is 0 Å². The fourth-order valence-corrected chi connectivity index (χ4v) is 2.78. The van der Waals surface area contributed by atoms with E-state index >= 15 is 0 Å². The zero-order valence-electron chi connectivity index (χ0n) is 17.0. The normalized spacial score (nSPS) is 11.5. The number of amides is 1. The minimum atomic E-state index is -0.876. The van der Waals surface area contributed by atoms with Crippen LogP contribution in [0.3, 0.4) is 0 Å². The van der Waals surface area contributed by atoms with Crippen LogP contribution in [0.25, 0.3) is 0 Å². The zero-order valence-corrected chi connectivity index (χ0v) is 17.0. The summed E-state index contributed by atoms with van der Waals surface area (Å²) >= 11 is 0. The van der Waals surface area contributed by atoms with Crippen molar-refractivity contribution in [3.05, 3.63) is 53.1 Å². The first-order chi connectivity index (χ1) is 13.3. The van der Waals surface area contributed by atoms with Gasteiger partial charge in [0.2, 0.25) is 0 Å². The van der Waals surface area contributed by atoms with Crippen LogP contribution in [0.15, 0.2) is 36.4 Å². The minimum Gasteiger partial charge on any atom is -0.493 e. The molecule has 2 aromatic rings. The van der Waals surface area contributed by atoms with Crippen molar-refractivity contribution in [2.24, 2.45) is 0 Å². The summed E-state index contributed by atoms with van der Waals surface area (Å²) in [7, 11) is 3.13. The summed E-state index contributed by atoms with van der Waals surface area (Å²) in [5, 5.41) is 2.80. The van der Waals surface area contributed by atoms with Gasteiger partial charge in [-0.05, 0) is 56.5 Å². The number of hydrogen-bond donors (Lipinski definition) is 1. The Kier molecular flexibility index (Phi) is 7.44. The Morgan fingerprint density at radius 3 is 2.36 bits per heavy atom. The lowest BCUT2D eigenvalue weighted by Crippen LogP contribution is -2.30. The fraction of sp³-hybridized carbons (Fsp3) is 0.364. The summed E-state index contributed by atoms with van der Waals surface area (Å²) in [6.07, 6.45) is -0.236. The molecule has 1 amide bonds. The number of carbonyl (C=O) groups is 2. The van der Waals surface area contributed by atoms with Crippen molar-refractivity contribution in [2.75, 3.05) is 19.5 Å². The average molecular weight is 385 g/mol. The van der Waals surface area contributed by atoms with Gasteiger partial charge in [-0.3, -0.25) is 9.59 Å². The lowest BCUT2D eigenvalue weighted by Gasteiger charge is -2.15. The molecule has 1 atom stereocenters. The highest BCUT2D eigenvalue weighted by atomic mass is 16.5. The average Bonchev–Trinajstić information content (AvgIpc) is 2.68. The Bertz CT molecular complexity index is 847. The van der Waals surface area contributed by atoms with E-state index in [0.717, 1.165) is 16.7 Å². The van der Waals surface area contributed by atoms with Gasteiger partial charge in [0, 0.05) is 12.1 Å². The van der Waals surface area contributed by atoms with E-state index in [1.54, 1.807) is 27.2 Å². The van der Waals surface area contributed by atoms with Crippen molar-refractivity contribution >= 4 is 17.6 Å².